The highest BCUT2D eigenvalue weighted by Crippen LogP contribution is 2.25. The van der Waals surface area contributed by atoms with E-state index < -0.39 is 0 Å². The van der Waals surface area contributed by atoms with E-state index in [0.717, 1.165) is 35.6 Å². The third kappa shape index (κ3) is 3.98. The molecule has 1 aliphatic rings. The summed E-state index contributed by atoms with van der Waals surface area (Å²) in [5.74, 6) is 2.23. The predicted octanol–water partition coefficient (Wildman–Crippen LogP) is 2.65. The third-order valence-electron chi connectivity index (χ3n) is 3.95. The van der Waals surface area contributed by atoms with Crippen LogP contribution in [0.15, 0.2) is 48.2 Å². The van der Waals surface area contributed by atoms with Crippen LogP contribution >= 0.6 is 11.3 Å². The lowest BCUT2D eigenvalue weighted by Crippen LogP contribution is -2.39. The SMILES string of the molecule is c1ccc(Nc2ccnc([C@@H]3COCCN3Cc3nccs3)n2)nc1. The highest BCUT2D eigenvalue weighted by molar-refractivity contribution is 7.09. The standard InChI is InChI=1S/C17H18N6OS/c1-2-5-18-14(3-1)21-15-4-6-20-17(22-15)13-12-24-9-8-23(13)11-16-19-7-10-25-16/h1-7,10,13H,8-9,11-12H2,(H,18,20,21,22)/t13-/m0/s1. The van der Waals surface area contributed by atoms with Crippen LogP contribution in [0.25, 0.3) is 0 Å². The van der Waals surface area contributed by atoms with Crippen molar-refractivity contribution in [3.8, 4) is 0 Å². The number of hydrogen-bond acceptors (Lipinski definition) is 8. The normalized spacial score (nSPS) is 18.2. The first-order chi connectivity index (χ1) is 12.4. The summed E-state index contributed by atoms with van der Waals surface area (Å²) in [6.45, 7) is 2.92. The number of thiazole rings is 1. The molecule has 7 nitrogen and oxygen atoms in total. The molecule has 1 fully saturated rings. The maximum atomic E-state index is 5.67. The Morgan fingerprint density at radius 1 is 1.12 bits per heavy atom. The number of ether oxygens (including phenoxy) is 1. The van der Waals surface area contributed by atoms with E-state index in [4.69, 9.17) is 4.74 Å². The summed E-state index contributed by atoms with van der Waals surface area (Å²) in [4.78, 5) is 20.1. The van der Waals surface area contributed by atoms with Crippen molar-refractivity contribution in [3.05, 3.63) is 59.1 Å². The first-order valence-corrected chi connectivity index (χ1v) is 8.97. The lowest BCUT2D eigenvalue weighted by molar-refractivity contribution is -0.0159. The van der Waals surface area contributed by atoms with Gasteiger partial charge in [0, 0.05) is 30.5 Å². The minimum atomic E-state index is 0.0168. The van der Waals surface area contributed by atoms with Crippen LogP contribution < -0.4 is 5.32 Å². The largest absolute Gasteiger partial charge is 0.378 e. The zero-order valence-corrected chi connectivity index (χ0v) is 14.4. The minimum Gasteiger partial charge on any atom is -0.378 e. The molecule has 0 amide bonds. The Morgan fingerprint density at radius 2 is 2.12 bits per heavy atom. The Kier molecular flexibility index (Phi) is 4.91. The van der Waals surface area contributed by atoms with Crippen LogP contribution in [-0.2, 0) is 11.3 Å². The van der Waals surface area contributed by atoms with Gasteiger partial charge in [0.25, 0.3) is 0 Å². The van der Waals surface area contributed by atoms with Gasteiger partial charge in [-0.05, 0) is 18.2 Å². The van der Waals surface area contributed by atoms with Crippen molar-refractivity contribution in [2.45, 2.75) is 12.6 Å². The van der Waals surface area contributed by atoms with Gasteiger partial charge >= 0.3 is 0 Å². The Hall–Kier alpha value is -2.42. The molecule has 0 unspecified atom stereocenters. The van der Waals surface area contributed by atoms with Crippen LogP contribution in [0.4, 0.5) is 11.6 Å². The van der Waals surface area contributed by atoms with E-state index in [1.54, 1.807) is 23.7 Å². The van der Waals surface area contributed by atoms with Crippen LogP contribution in [0.3, 0.4) is 0 Å². The van der Waals surface area contributed by atoms with Gasteiger partial charge in [-0.1, -0.05) is 6.07 Å². The number of nitrogens with one attached hydrogen (secondary N) is 1. The van der Waals surface area contributed by atoms with Crippen molar-refractivity contribution in [3.63, 3.8) is 0 Å². The van der Waals surface area contributed by atoms with Crippen LogP contribution in [0.1, 0.15) is 16.9 Å². The highest BCUT2D eigenvalue weighted by Gasteiger charge is 2.27. The molecule has 1 aliphatic heterocycles. The first-order valence-electron chi connectivity index (χ1n) is 8.09. The number of nitrogens with zero attached hydrogens (tertiary/aromatic N) is 5. The lowest BCUT2D eigenvalue weighted by Gasteiger charge is -2.33. The van der Waals surface area contributed by atoms with Crippen LogP contribution in [0.5, 0.6) is 0 Å². The number of pyridine rings is 1. The van der Waals surface area contributed by atoms with E-state index in [0.29, 0.717) is 13.2 Å². The fourth-order valence-electron chi connectivity index (χ4n) is 2.74. The van der Waals surface area contributed by atoms with Gasteiger partial charge in [0.1, 0.15) is 22.5 Å². The molecule has 25 heavy (non-hydrogen) atoms. The van der Waals surface area contributed by atoms with Gasteiger partial charge in [-0.2, -0.15) is 0 Å². The molecule has 4 heterocycles. The molecule has 0 bridgehead atoms. The Morgan fingerprint density at radius 3 is 2.96 bits per heavy atom. The van der Waals surface area contributed by atoms with Gasteiger partial charge in [-0.3, -0.25) is 4.90 Å². The smallest absolute Gasteiger partial charge is 0.150 e. The monoisotopic (exact) mass is 354 g/mol. The average Bonchev–Trinajstić information content (AvgIpc) is 3.16. The molecule has 1 N–H and O–H groups in total. The second-order valence-corrected chi connectivity index (χ2v) is 6.61. The molecule has 128 valence electrons. The van der Waals surface area contributed by atoms with Gasteiger partial charge in [0.15, 0.2) is 0 Å². The van der Waals surface area contributed by atoms with Crippen molar-refractivity contribution >= 4 is 23.0 Å². The van der Waals surface area contributed by atoms with Crippen LogP contribution in [0, 0.1) is 0 Å². The maximum absolute atomic E-state index is 5.67. The minimum absolute atomic E-state index is 0.0168. The van der Waals surface area contributed by atoms with Crippen molar-refractivity contribution in [1.29, 1.82) is 0 Å². The molecule has 8 heteroatoms. The summed E-state index contributed by atoms with van der Waals surface area (Å²) in [5, 5.41) is 6.30. The molecular weight excluding hydrogens is 336 g/mol. The summed E-state index contributed by atoms with van der Waals surface area (Å²) in [6, 6.07) is 7.57. The van der Waals surface area contributed by atoms with E-state index in [1.807, 2.05) is 35.8 Å². The van der Waals surface area contributed by atoms with Crippen LogP contribution in [-0.4, -0.2) is 44.6 Å². The van der Waals surface area contributed by atoms with Gasteiger partial charge in [0.2, 0.25) is 0 Å². The zero-order chi connectivity index (χ0) is 16.9. The van der Waals surface area contributed by atoms with Crippen molar-refractivity contribution in [2.24, 2.45) is 0 Å². The topological polar surface area (TPSA) is 76.1 Å². The van der Waals surface area contributed by atoms with Crippen molar-refractivity contribution in [2.75, 3.05) is 25.1 Å². The second kappa shape index (κ2) is 7.64. The molecule has 0 spiro atoms. The van der Waals surface area contributed by atoms with E-state index in [-0.39, 0.29) is 6.04 Å². The average molecular weight is 354 g/mol. The number of morpholine rings is 1. The summed E-state index contributed by atoms with van der Waals surface area (Å²) >= 11 is 1.66. The van der Waals surface area contributed by atoms with Crippen LogP contribution in [0.2, 0.25) is 0 Å². The lowest BCUT2D eigenvalue weighted by atomic mass is 10.2. The fraction of sp³-hybridized carbons (Fsp3) is 0.294. The number of aromatic nitrogens is 4. The molecule has 0 aliphatic carbocycles. The molecule has 3 aromatic rings. The third-order valence-corrected chi connectivity index (χ3v) is 4.72. The van der Waals surface area contributed by atoms with Crippen molar-refractivity contribution in [1.82, 2.24) is 24.8 Å². The molecule has 4 rings (SSSR count). The Balaban J connectivity index is 1.53. The quantitative estimate of drug-likeness (QED) is 0.755. The maximum Gasteiger partial charge on any atom is 0.150 e. The summed E-state index contributed by atoms with van der Waals surface area (Å²) in [5.41, 5.74) is 0. The molecule has 1 saturated heterocycles. The van der Waals surface area contributed by atoms with Gasteiger partial charge in [0.05, 0.1) is 25.8 Å². The van der Waals surface area contributed by atoms with E-state index in [9.17, 15) is 0 Å². The first kappa shape index (κ1) is 16.1. The number of anilines is 2. The highest BCUT2D eigenvalue weighted by atomic mass is 32.1. The second-order valence-electron chi connectivity index (χ2n) is 5.63. The van der Waals surface area contributed by atoms with E-state index >= 15 is 0 Å². The molecule has 0 aromatic carbocycles. The van der Waals surface area contributed by atoms with Gasteiger partial charge in [-0.15, -0.1) is 11.3 Å². The van der Waals surface area contributed by atoms with Gasteiger partial charge in [-0.25, -0.2) is 19.9 Å². The van der Waals surface area contributed by atoms with E-state index in [1.165, 1.54) is 0 Å². The Labute approximate surface area is 149 Å². The molecular formula is C17H18N6OS. The molecule has 3 aromatic heterocycles. The Bertz CT molecular complexity index is 798. The zero-order valence-electron chi connectivity index (χ0n) is 13.6. The van der Waals surface area contributed by atoms with Crippen molar-refractivity contribution < 1.29 is 4.74 Å². The molecule has 0 saturated carbocycles. The summed E-state index contributed by atoms with van der Waals surface area (Å²) in [6.07, 6.45) is 5.35. The molecule has 0 radical (unpaired) electrons. The summed E-state index contributed by atoms with van der Waals surface area (Å²) < 4.78 is 5.67. The fourth-order valence-corrected chi connectivity index (χ4v) is 3.38. The number of rotatable bonds is 5. The molecule has 1 atom stereocenters. The van der Waals surface area contributed by atoms with Gasteiger partial charge < -0.3 is 10.1 Å². The predicted molar refractivity (Wildman–Crippen MR) is 95.6 cm³/mol. The summed E-state index contributed by atoms with van der Waals surface area (Å²) in [7, 11) is 0. The van der Waals surface area contributed by atoms with E-state index in [2.05, 4.69) is 30.2 Å². The number of hydrogen-bond donors (Lipinski definition) is 1.